The predicted octanol–water partition coefficient (Wildman–Crippen LogP) is 7.11. The van der Waals surface area contributed by atoms with Gasteiger partial charge in [-0.15, -0.1) is 0 Å². The maximum atomic E-state index is 13.2. The molecule has 0 saturated carbocycles. The van der Waals surface area contributed by atoms with Gasteiger partial charge in [-0.1, -0.05) is 55.0 Å². The van der Waals surface area contributed by atoms with Crippen LogP contribution in [0.2, 0.25) is 0 Å². The first kappa shape index (κ1) is 28.0. The number of ether oxygens (including phenoxy) is 2. The molecule has 1 saturated heterocycles. The van der Waals surface area contributed by atoms with E-state index in [1.54, 1.807) is 6.07 Å². The van der Waals surface area contributed by atoms with Crippen LogP contribution in [0.1, 0.15) is 53.5 Å². The third kappa shape index (κ3) is 6.28. The highest BCUT2D eigenvalue weighted by molar-refractivity contribution is 5.73. The SMILES string of the molecule is Cc1c(COc2cc(OCC(F)(F)F)c(CN3CCCCC3C(=O)O)c3c2CCC3)cccc1-c1ccccc1. The summed E-state index contributed by atoms with van der Waals surface area (Å²) < 4.78 is 51.4. The van der Waals surface area contributed by atoms with E-state index in [-0.39, 0.29) is 18.9 Å². The van der Waals surface area contributed by atoms with E-state index in [1.165, 1.54) is 0 Å². The Labute approximate surface area is 232 Å². The van der Waals surface area contributed by atoms with E-state index >= 15 is 0 Å². The molecule has 1 aliphatic heterocycles. The average Bonchev–Trinajstić information content (AvgIpc) is 3.43. The van der Waals surface area contributed by atoms with Gasteiger partial charge in [0.15, 0.2) is 6.61 Å². The van der Waals surface area contributed by atoms with Crippen LogP contribution in [-0.4, -0.2) is 41.3 Å². The van der Waals surface area contributed by atoms with E-state index in [2.05, 4.69) is 18.2 Å². The molecule has 1 fully saturated rings. The van der Waals surface area contributed by atoms with Gasteiger partial charge in [0.2, 0.25) is 0 Å². The molecule has 1 heterocycles. The zero-order chi connectivity index (χ0) is 28.3. The molecule has 8 heteroatoms. The van der Waals surface area contributed by atoms with Gasteiger partial charge in [0.1, 0.15) is 24.1 Å². The lowest BCUT2D eigenvalue weighted by molar-refractivity contribution is -0.153. The fraction of sp³-hybridized carbons (Fsp3) is 0.406. The summed E-state index contributed by atoms with van der Waals surface area (Å²) in [7, 11) is 0. The highest BCUT2D eigenvalue weighted by Crippen LogP contribution is 2.41. The van der Waals surface area contributed by atoms with E-state index in [1.807, 2.05) is 42.2 Å². The second-order valence-electron chi connectivity index (χ2n) is 10.6. The van der Waals surface area contributed by atoms with E-state index in [0.29, 0.717) is 30.7 Å². The molecular formula is C32H34F3NO4. The van der Waals surface area contributed by atoms with Crippen LogP contribution in [0.3, 0.4) is 0 Å². The maximum absolute atomic E-state index is 13.2. The van der Waals surface area contributed by atoms with Crippen molar-refractivity contribution in [2.45, 2.75) is 70.8 Å². The monoisotopic (exact) mass is 553 g/mol. The Morgan fingerprint density at radius 1 is 0.975 bits per heavy atom. The van der Waals surface area contributed by atoms with Gasteiger partial charge in [0.05, 0.1) is 0 Å². The van der Waals surface area contributed by atoms with Crippen LogP contribution < -0.4 is 9.47 Å². The number of carboxylic acid groups (broad SMARTS) is 1. The molecule has 40 heavy (non-hydrogen) atoms. The smallest absolute Gasteiger partial charge is 0.422 e. The molecule has 0 radical (unpaired) electrons. The summed E-state index contributed by atoms with van der Waals surface area (Å²) in [6.07, 6.45) is 0.00109. The number of carboxylic acids is 1. The summed E-state index contributed by atoms with van der Waals surface area (Å²) >= 11 is 0. The molecule has 5 nitrogen and oxygen atoms in total. The van der Waals surface area contributed by atoms with Gasteiger partial charge in [0.25, 0.3) is 0 Å². The quantitative estimate of drug-likeness (QED) is 0.306. The number of carbonyl (C=O) groups is 1. The van der Waals surface area contributed by atoms with Crippen molar-refractivity contribution in [2.75, 3.05) is 13.2 Å². The number of benzene rings is 3. The Kier molecular flexibility index (Phi) is 8.35. The van der Waals surface area contributed by atoms with Crippen molar-refractivity contribution in [3.8, 4) is 22.6 Å². The number of alkyl halides is 3. The van der Waals surface area contributed by atoms with E-state index in [0.717, 1.165) is 59.1 Å². The minimum absolute atomic E-state index is 0.123. The zero-order valence-electron chi connectivity index (χ0n) is 22.6. The molecule has 0 aromatic heterocycles. The molecule has 0 spiro atoms. The van der Waals surface area contributed by atoms with Gasteiger partial charge in [-0.3, -0.25) is 9.69 Å². The van der Waals surface area contributed by atoms with Gasteiger partial charge >= 0.3 is 12.1 Å². The minimum Gasteiger partial charge on any atom is -0.488 e. The van der Waals surface area contributed by atoms with Gasteiger partial charge in [-0.2, -0.15) is 13.2 Å². The highest BCUT2D eigenvalue weighted by atomic mass is 19.4. The largest absolute Gasteiger partial charge is 0.488 e. The average molecular weight is 554 g/mol. The van der Waals surface area contributed by atoms with Crippen LogP contribution in [-0.2, 0) is 30.8 Å². The standard InChI is InChI=1S/C32H34F3NO4/c1-21-23(11-7-12-24(21)22-9-3-2-4-10-22)19-39-29-17-30(40-20-32(33,34)35)27(25-13-8-14-26(25)29)18-36-16-6-5-15-28(36)31(37)38/h2-4,7,9-12,17,28H,5-6,8,13-16,18-20H2,1H3,(H,37,38). The topological polar surface area (TPSA) is 59.0 Å². The van der Waals surface area contributed by atoms with Crippen molar-refractivity contribution in [3.63, 3.8) is 0 Å². The number of hydrogen-bond donors (Lipinski definition) is 1. The first-order chi connectivity index (χ1) is 19.2. The summed E-state index contributed by atoms with van der Waals surface area (Å²) in [6.45, 7) is 1.72. The first-order valence-corrected chi connectivity index (χ1v) is 13.8. The van der Waals surface area contributed by atoms with Crippen molar-refractivity contribution in [3.05, 3.63) is 82.4 Å². The van der Waals surface area contributed by atoms with E-state index in [9.17, 15) is 23.1 Å². The zero-order valence-corrected chi connectivity index (χ0v) is 22.6. The minimum atomic E-state index is -4.50. The fourth-order valence-corrected chi connectivity index (χ4v) is 5.97. The van der Waals surface area contributed by atoms with Gasteiger partial charge in [0, 0.05) is 18.2 Å². The normalized spacial score (nSPS) is 17.4. The van der Waals surface area contributed by atoms with Crippen LogP contribution in [0.5, 0.6) is 11.5 Å². The number of fused-ring (bicyclic) bond motifs is 1. The predicted molar refractivity (Wildman–Crippen MR) is 147 cm³/mol. The van der Waals surface area contributed by atoms with Crippen LogP contribution >= 0.6 is 0 Å². The molecular weight excluding hydrogens is 519 g/mol. The maximum Gasteiger partial charge on any atom is 0.422 e. The number of aliphatic carboxylic acids is 1. The van der Waals surface area contributed by atoms with Crippen LogP contribution in [0.25, 0.3) is 11.1 Å². The Bertz CT molecular complexity index is 1360. The van der Waals surface area contributed by atoms with Crippen molar-refractivity contribution in [1.29, 1.82) is 0 Å². The highest BCUT2D eigenvalue weighted by Gasteiger charge is 2.33. The molecule has 1 aliphatic carbocycles. The molecule has 2 aliphatic rings. The Morgan fingerprint density at radius 2 is 1.75 bits per heavy atom. The van der Waals surface area contributed by atoms with Crippen molar-refractivity contribution >= 4 is 5.97 Å². The van der Waals surface area contributed by atoms with Gasteiger partial charge in [-0.25, -0.2) is 0 Å². The number of piperidine rings is 1. The fourth-order valence-electron chi connectivity index (χ4n) is 5.97. The molecule has 3 aromatic rings. The van der Waals surface area contributed by atoms with E-state index in [4.69, 9.17) is 9.47 Å². The Balaban J connectivity index is 1.46. The molecule has 3 aromatic carbocycles. The lowest BCUT2D eigenvalue weighted by Crippen LogP contribution is -2.44. The molecule has 212 valence electrons. The molecule has 5 rings (SSSR count). The number of nitrogens with zero attached hydrogens (tertiary/aromatic N) is 1. The Morgan fingerprint density at radius 3 is 2.50 bits per heavy atom. The summed E-state index contributed by atoms with van der Waals surface area (Å²) in [4.78, 5) is 13.8. The Hall–Kier alpha value is -3.52. The van der Waals surface area contributed by atoms with E-state index < -0.39 is 24.8 Å². The summed E-state index contributed by atoms with van der Waals surface area (Å²) in [5.41, 5.74) is 6.85. The van der Waals surface area contributed by atoms with Gasteiger partial charge in [-0.05, 0) is 79.0 Å². The van der Waals surface area contributed by atoms with Crippen molar-refractivity contribution in [2.24, 2.45) is 0 Å². The number of halogens is 3. The van der Waals surface area contributed by atoms with Crippen molar-refractivity contribution < 1.29 is 32.5 Å². The van der Waals surface area contributed by atoms with Gasteiger partial charge < -0.3 is 14.6 Å². The molecule has 0 bridgehead atoms. The summed E-state index contributed by atoms with van der Waals surface area (Å²) in [5.74, 6) is -0.244. The second-order valence-corrected chi connectivity index (χ2v) is 10.6. The van der Waals surface area contributed by atoms with Crippen molar-refractivity contribution in [1.82, 2.24) is 4.90 Å². The lowest BCUT2D eigenvalue weighted by atomic mass is 9.96. The lowest BCUT2D eigenvalue weighted by Gasteiger charge is -2.34. The number of likely N-dealkylation sites (tertiary alicyclic amines) is 1. The van der Waals surface area contributed by atoms with Crippen LogP contribution in [0.4, 0.5) is 13.2 Å². The second kappa shape index (κ2) is 11.9. The number of rotatable bonds is 9. The third-order valence-corrected chi connectivity index (χ3v) is 8.00. The number of hydrogen-bond acceptors (Lipinski definition) is 4. The third-order valence-electron chi connectivity index (χ3n) is 8.00. The summed E-state index contributed by atoms with van der Waals surface area (Å²) in [5, 5.41) is 9.75. The summed E-state index contributed by atoms with van der Waals surface area (Å²) in [6, 6.07) is 17.0. The molecule has 1 atom stereocenters. The molecule has 1 N–H and O–H groups in total. The van der Waals surface area contributed by atoms with Crippen LogP contribution in [0, 0.1) is 6.92 Å². The molecule has 0 amide bonds. The first-order valence-electron chi connectivity index (χ1n) is 13.8. The van der Waals surface area contributed by atoms with Crippen LogP contribution in [0.15, 0.2) is 54.6 Å². The molecule has 1 unspecified atom stereocenters.